The normalized spacial score (nSPS) is 13.5. The Labute approximate surface area is 221 Å². The zero-order valence-electron chi connectivity index (χ0n) is 20.5. The van der Waals surface area contributed by atoms with Crippen LogP contribution in [0.15, 0.2) is 84.9 Å². The van der Waals surface area contributed by atoms with Crippen molar-refractivity contribution in [3.8, 4) is 28.4 Å². The number of anilines is 1. The number of fused-ring (bicyclic) bond motifs is 2. The van der Waals surface area contributed by atoms with Crippen LogP contribution >= 0.6 is 0 Å². The maximum absolute atomic E-state index is 13.2. The van der Waals surface area contributed by atoms with Crippen molar-refractivity contribution in [2.24, 2.45) is 7.05 Å². The summed E-state index contributed by atoms with van der Waals surface area (Å²) in [5, 5.41) is 23.4. The number of benzene rings is 3. The summed E-state index contributed by atoms with van der Waals surface area (Å²) in [6, 6.07) is 16.7. The minimum atomic E-state index is -0.510. The average Bonchev–Trinajstić information content (AvgIpc) is 3.41. The Hall–Kier alpha value is -5.44. The lowest BCUT2D eigenvalue weighted by molar-refractivity contribution is 0.101. The van der Waals surface area contributed by atoms with E-state index in [2.05, 4.69) is 10.3 Å². The van der Waals surface area contributed by atoms with E-state index in [9.17, 15) is 24.2 Å². The molecule has 5 aromatic rings. The molecule has 1 amide bonds. The summed E-state index contributed by atoms with van der Waals surface area (Å²) < 4.78 is 20.7. The van der Waals surface area contributed by atoms with Crippen LogP contribution in [0.25, 0.3) is 28.2 Å². The molecule has 0 bridgehead atoms. The molecule has 3 heterocycles. The summed E-state index contributed by atoms with van der Waals surface area (Å²) in [6.07, 6.45) is 5.03. The molecule has 8 nitrogen and oxygen atoms in total. The van der Waals surface area contributed by atoms with Crippen LogP contribution < -0.4 is 10.1 Å². The second-order valence-electron chi connectivity index (χ2n) is 9.07. The van der Waals surface area contributed by atoms with Crippen LogP contribution in [0.1, 0.15) is 26.3 Å². The number of hydrogen-bond donors (Lipinski definition) is 3. The number of Topliss-reactive ketones (excluding diaryl/α,β-unsaturated/α-hetero) is 1. The Morgan fingerprint density at radius 3 is 2.67 bits per heavy atom. The van der Waals surface area contributed by atoms with Gasteiger partial charge in [-0.15, -0.1) is 0 Å². The van der Waals surface area contributed by atoms with Crippen LogP contribution in [0, 0.1) is 5.82 Å². The number of pyridine rings is 1. The van der Waals surface area contributed by atoms with Crippen molar-refractivity contribution in [3.63, 3.8) is 0 Å². The van der Waals surface area contributed by atoms with Gasteiger partial charge in [0, 0.05) is 53.8 Å². The molecule has 0 fully saturated rings. The maximum atomic E-state index is 13.2. The highest BCUT2D eigenvalue weighted by atomic mass is 19.1. The minimum Gasteiger partial charge on any atom is -0.508 e. The third-order valence-electron chi connectivity index (χ3n) is 6.45. The number of aryl methyl sites for hydroxylation is 1. The van der Waals surface area contributed by atoms with Gasteiger partial charge in [0.25, 0.3) is 5.91 Å². The Morgan fingerprint density at radius 2 is 1.87 bits per heavy atom. The quantitative estimate of drug-likeness (QED) is 0.263. The molecule has 1 aliphatic rings. The molecule has 0 saturated carbocycles. The number of halogens is 1. The molecule has 3 aromatic carbocycles. The van der Waals surface area contributed by atoms with Crippen molar-refractivity contribution in [3.05, 3.63) is 107 Å². The lowest BCUT2D eigenvalue weighted by Gasteiger charge is -2.09. The summed E-state index contributed by atoms with van der Waals surface area (Å²) >= 11 is 0. The third-order valence-corrected chi connectivity index (χ3v) is 6.45. The van der Waals surface area contributed by atoms with Gasteiger partial charge in [0.15, 0.2) is 5.76 Å². The van der Waals surface area contributed by atoms with Crippen LogP contribution in [0.5, 0.6) is 17.2 Å². The van der Waals surface area contributed by atoms with Gasteiger partial charge in [-0.2, -0.15) is 0 Å². The van der Waals surface area contributed by atoms with Crippen molar-refractivity contribution in [2.75, 3.05) is 5.32 Å². The van der Waals surface area contributed by atoms with Gasteiger partial charge >= 0.3 is 0 Å². The van der Waals surface area contributed by atoms with Gasteiger partial charge in [0.1, 0.15) is 34.3 Å². The number of amides is 1. The number of phenolic OH excluding ortho intramolecular Hbond substituents is 2. The number of ether oxygens (including phenoxy) is 1. The van der Waals surface area contributed by atoms with E-state index in [-0.39, 0.29) is 34.5 Å². The number of allylic oxidation sites excluding steroid dienone is 1. The largest absolute Gasteiger partial charge is 0.508 e. The molecular formula is C30H20FN3O5. The lowest BCUT2D eigenvalue weighted by Crippen LogP contribution is -2.11. The standard InChI is InChI=1S/C30H20FN3O5/c1-34-15-18(12-25-28(37)27-23(36)13-21(35)14-24(27)39-25)26-22(9-10-32-29(26)34)16-3-2-4-17(11-16)30(38)33-20-7-5-19(31)6-8-20/h2-15,35-36H,1H3,(H,33,38). The van der Waals surface area contributed by atoms with Crippen molar-refractivity contribution in [1.82, 2.24) is 9.55 Å². The molecule has 0 radical (unpaired) electrons. The third kappa shape index (κ3) is 4.25. The van der Waals surface area contributed by atoms with Crippen LogP contribution in [-0.4, -0.2) is 31.5 Å². The highest BCUT2D eigenvalue weighted by Crippen LogP contribution is 2.41. The van der Waals surface area contributed by atoms with Gasteiger partial charge in [-0.25, -0.2) is 9.37 Å². The van der Waals surface area contributed by atoms with Crippen LogP contribution in [0.3, 0.4) is 0 Å². The molecule has 0 aliphatic carbocycles. The number of nitrogens with zero attached hydrogens (tertiary/aromatic N) is 2. The fourth-order valence-electron chi connectivity index (χ4n) is 4.67. The molecular weight excluding hydrogens is 501 g/mol. The van der Waals surface area contributed by atoms with E-state index in [0.717, 1.165) is 22.6 Å². The van der Waals surface area contributed by atoms with Gasteiger partial charge in [-0.1, -0.05) is 12.1 Å². The van der Waals surface area contributed by atoms with Gasteiger partial charge in [0.05, 0.1) is 0 Å². The molecule has 0 saturated heterocycles. The first-order valence-corrected chi connectivity index (χ1v) is 11.9. The molecule has 0 atom stereocenters. The Morgan fingerprint density at radius 1 is 1.08 bits per heavy atom. The number of aromatic hydroxyl groups is 2. The zero-order valence-corrected chi connectivity index (χ0v) is 20.5. The molecule has 2 aromatic heterocycles. The fraction of sp³-hybridized carbons (Fsp3) is 0.0333. The minimum absolute atomic E-state index is 0.0133. The first-order valence-electron chi connectivity index (χ1n) is 11.9. The molecule has 1 aliphatic heterocycles. The summed E-state index contributed by atoms with van der Waals surface area (Å²) in [7, 11) is 1.82. The maximum Gasteiger partial charge on any atom is 0.255 e. The number of nitrogens with one attached hydrogen (secondary N) is 1. The van der Waals surface area contributed by atoms with Gasteiger partial charge < -0.3 is 24.8 Å². The van der Waals surface area contributed by atoms with Crippen molar-refractivity contribution >= 4 is 34.5 Å². The molecule has 192 valence electrons. The molecule has 0 spiro atoms. The van der Waals surface area contributed by atoms with Crippen LogP contribution in [0.4, 0.5) is 10.1 Å². The van der Waals surface area contributed by atoms with E-state index in [1.165, 1.54) is 30.3 Å². The molecule has 39 heavy (non-hydrogen) atoms. The predicted octanol–water partition coefficient (Wildman–Crippen LogP) is 5.66. The van der Waals surface area contributed by atoms with Crippen molar-refractivity contribution in [2.45, 2.75) is 0 Å². The smallest absolute Gasteiger partial charge is 0.255 e. The summed E-state index contributed by atoms with van der Waals surface area (Å²) in [5.74, 6) is -1.79. The zero-order chi connectivity index (χ0) is 27.3. The van der Waals surface area contributed by atoms with Gasteiger partial charge in [-0.3, -0.25) is 9.59 Å². The van der Waals surface area contributed by atoms with E-state index in [4.69, 9.17) is 4.74 Å². The summed E-state index contributed by atoms with van der Waals surface area (Å²) in [4.78, 5) is 30.4. The number of aromatic nitrogens is 2. The van der Waals surface area contributed by atoms with E-state index >= 15 is 0 Å². The Bertz CT molecular complexity index is 1840. The second-order valence-corrected chi connectivity index (χ2v) is 9.07. The highest BCUT2D eigenvalue weighted by Gasteiger charge is 2.31. The van der Waals surface area contributed by atoms with E-state index in [1.54, 1.807) is 36.7 Å². The van der Waals surface area contributed by atoms with E-state index in [1.807, 2.05) is 23.7 Å². The Kier molecular flexibility index (Phi) is 5.61. The molecule has 0 unspecified atom stereocenters. The molecule has 3 N–H and O–H groups in total. The number of carbonyl (C=O) groups excluding carboxylic acids is 2. The number of carbonyl (C=O) groups is 2. The number of phenols is 2. The van der Waals surface area contributed by atoms with Crippen molar-refractivity contribution in [1.29, 1.82) is 0 Å². The second kappa shape index (κ2) is 9.14. The first kappa shape index (κ1) is 23.9. The summed E-state index contributed by atoms with van der Waals surface area (Å²) in [6.45, 7) is 0. The number of hydrogen-bond acceptors (Lipinski definition) is 6. The topological polar surface area (TPSA) is 114 Å². The van der Waals surface area contributed by atoms with Crippen LogP contribution in [-0.2, 0) is 7.05 Å². The first-order chi connectivity index (χ1) is 18.8. The fourth-order valence-corrected chi connectivity index (χ4v) is 4.67. The van der Waals surface area contributed by atoms with Crippen molar-refractivity contribution < 1.29 is 28.9 Å². The predicted molar refractivity (Wildman–Crippen MR) is 143 cm³/mol. The van der Waals surface area contributed by atoms with Crippen LogP contribution in [0.2, 0.25) is 0 Å². The molecule has 6 rings (SSSR count). The van der Waals surface area contributed by atoms with Gasteiger partial charge in [-0.05, 0) is 59.7 Å². The van der Waals surface area contributed by atoms with Gasteiger partial charge in [0.2, 0.25) is 5.78 Å². The Balaban J connectivity index is 1.40. The average molecular weight is 522 g/mol. The number of rotatable bonds is 4. The SMILES string of the molecule is Cn1cc(C=C2Oc3cc(O)cc(O)c3C2=O)c2c(-c3cccc(C(=O)Nc4ccc(F)cc4)c3)ccnc21. The monoisotopic (exact) mass is 521 g/mol. The van der Waals surface area contributed by atoms with E-state index in [0.29, 0.717) is 22.5 Å². The number of ketones is 1. The molecule has 9 heteroatoms. The van der Waals surface area contributed by atoms with E-state index < -0.39 is 11.6 Å². The highest BCUT2D eigenvalue weighted by molar-refractivity contribution is 6.17. The lowest BCUT2D eigenvalue weighted by atomic mass is 9.98. The summed E-state index contributed by atoms with van der Waals surface area (Å²) in [5.41, 5.74) is 3.64.